The molecule has 1 aliphatic rings. The topological polar surface area (TPSA) is 75.7 Å². The summed E-state index contributed by atoms with van der Waals surface area (Å²) in [5.41, 5.74) is 8.32. The molecule has 1 fully saturated rings. The fourth-order valence-corrected chi connectivity index (χ4v) is 3.88. The van der Waals surface area contributed by atoms with Crippen molar-refractivity contribution in [3.8, 4) is 0 Å². The Kier molecular flexibility index (Phi) is 6.88. The number of fused-ring (bicyclic) bond motifs is 1. The highest BCUT2D eigenvalue weighted by Gasteiger charge is 2.19. The lowest BCUT2D eigenvalue weighted by Gasteiger charge is -2.33. The lowest BCUT2D eigenvalue weighted by atomic mass is 9.97. The van der Waals surface area contributed by atoms with Gasteiger partial charge in [0.1, 0.15) is 5.82 Å². The number of aryl methyl sites for hydroxylation is 1. The highest BCUT2D eigenvalue weighted by molar-refractivity contribution is 6.11. The smallest absolute Gasteiger partial charge is 0.249 e. The number of rotatable bonds is 8. The second kappa shape index (κ2) is 9.56. The third kappa shape index (κ3) is 5.15. The second-order valence-electron chi connectivity index (χ2n) is 7.63. The molecule has 1 amide bonds. The second-order valence-corrected chi connectivity index (χ2v) is 7.63. The van der Waals surface area contributed by atoms with Crippen molar-refractivity contribution in [2.75, 3.05) is 19.6 Å². The molecule has 1 aromatic carbocycles. The Bertz CT molecular complexity index is 932. The fraction of sp³-hybridized carbons (Fsp3) is 0.391. The Hall–Kier alpha value is -2.86. The summed E-state index contributed by atoms with van der Waals surface area (Å²) >= 11 is 0. The number of aliphatic imine (C=N–C) groups is 1. The lowest BCUT2D eigenvalue weighted by molar-refractivity contribution is -0.114. The number of benzene rings is 1. The van der Waals surface area contributed by atoms with E-state index in [2.05, 4.69) is 63.9 Å². The van der Waals surface area contributed by atoms with E-state index < -0.39 is 5.91 Å². The van der Waals surface area contributed by atoms with Gasteiger partial charge < -0.3 is 20.5 Å². The standard InChI is InChI=1S/C23H31N5O/c1-4-19(23(24)29)15-26-17(2)28-11-9-18(10-12-28)13-25-14-20-16-27(3)22-8-6-5-7-21(20)22/h4-8,15-16,18,25H,2,9-14H2,1,3H3,(H2,24,29)/b19-4+,26-15-. The van der Waals surface area contributed by atoms with Crippen LogP contribution in [-0.4, -0.2) is 41.2 Å². The Balaban J connectivity index is 1.44. The van der Waals surface area contributed by atoms with Crippen LogP contribution in [0, 0.1) is 5.92 Å². The molecule has 6 heteroatoms. The van der Waals surface area contributed by atoms with E-state index in [1.54, 1.807) is 13.0 Å². The Morgan fingerprint density at radius 1 is 1.34 bits per heavy atom. The van der Waals surface area contributed by atoms with Gasteiger partial charge >= 0.3 is 0 Å². The van der Waals surface area contributed by atoms with Gasteiger partial charge in [-0.3, -0.25) is 4.79 Å². The van der Waals surface area contributed by atoms with E-state index in [0.29, 0.717) is 17.3 Å². The van der Waals surface area contributed by atoms with Crippen molar-refractivity contribution in [1.82, 2.24) is 14.8 Å². The summed E-state index contributed by atoms with van der Waals surface area (Å²) in [6.45, 7) is 9.56. The van der Waals surface area contributed by atoms with Gasteiger partial charge in [0, 0.05) is 50.0 Å². The number of primary amides is 1. The SMILES string of the molecule is C=C(/N=C\C(=C/C)C(N)=O)N1CCC(CNCc2cn(C)c3ccccc23)CC1. The molecule has 0 saturated carbocycles. The van der Waals surface area contributed by atoms with Crippen molar-refractivity contribution in [1.29, 1.82) is 0 Å². The number of allylic oxidation sites excluding steroid dienone is 1. The molecule has 0 bridgehead atoms. The molecular weight excluding hydrogens is 362 g/mol. The molecule has 0 unspecified atom stereocenters. The van der Waals surface area contributed by atoms with Crippen LogP contribution in [0.3, 0.4) is 0 Å². The number of aromatic nitrogens is 1. The van der Waals surface area contributed by atoms with Gasteiger partial charge in [0.15, 0.2) is 0 Å². The van der Waals surface area contributed by atoms with E-state index in [4.69, 9.17) is 5.73 Å². The molecule has 0 radical (unpaired) electrons. The minimum atomic E-state index is -0.472. The van der Waals surface area contributed by atoms with Crippen LogP contribution < -0.4 is 11.1 Å². The van der Waals surface area contributed by atoms with E-state index in [1.807, 2.05) is 0 Å². The molecule has 0 spiro atoms. The zero-order valence-electron chi connectivity index (χ0n) is 17.4. The van der Waals surface area contributed by atoms with Crippen molar-refractivity contribution in [2.24, 2.45) is 23.7 Å². The third-order valence-corrected chi connectivity index (χ3v) is 5.66. The van der Waals surface area contributed by atoms with Crippen molar-refractivity contribution in [3.63, 3.8) is 0 Å². The average Bonchev–Trinajstić information content (AvgIpc) is 3.04. The van der Waals surface area contributed by atoms with Crippen LogP contribution >= 0.6 is 0 Å². The number of carbonyl (C=O) groups is 1. The number of amides is 1. The molecule has 29 heavy (non-hydrogen) atoms. The van der Waals surface area contributed by atoms with Crippen LogP contribution in [0.1, 0.15) is 25.3 Å². The molecule has 3 rings (SSSR count). The van der Waals surface area contributed by atoms with Crippen LogP contribution in [0.15, 0.2) is 59.5 Å². The summed E-state index contributed by atoms with van der Waals surface area (Å²) in [5, 5.41) is 4.96. The molecule has 1 saturated heterocycles. The first kappa shape index (κ1) is 20.9. The molecule has 2 aromatic rings. The number of nitrogens with zero attached hydrogens (tertiary/aromatic N) is 3. The van der Waals surface area contributed by atoms with Gasteiger partial charge in [0.25, 0.3) is 0 Å². The molecule has 0 aliphatic carbocycles. The predicted octanol–water partition coefficient (Wildman–Crippen LogP) is 2.95. The summed E-state index contributed by atoms with van der Waals surface area (Å²) in [6.07, 6.45) is 7.58. The van der Waals surface area contributed by atoms with Gasteiger partial charge in [0.05, 0.1) is 5.57 Å². The maximum Gasteiger partial charge on any atom is 0.249 e. The number of hydrogen-bond donors (Lipinski definition) is 2. The van der Waals surface area contributed by atoms with Gasteiger partial charge in [-0.2, -0.15) is 0 Å². The number of carbonyl (C=O) groups excluding carboxylic acids is 1. The zero-order valence-corrected chi connectivity index (χ0v) is 17.4. The van der Waals surface area contributed by atoms with Crippen LogP contribution in [-0.2, 0) is 18.4 Å². The monoisotopic (exact) mass is 393 g/mol. The normalized spacial score (nSPS) is 16.1. The maximum absolute atomic E-state index is 11.3. The maximum atomic E-state index is 11.3. The van der Waals surface area contributed by atoms with Gasteiger partial charge in [0.2, 0.25) is 5.91 Å². The molecule has 154 valence electrons. The summed E-state index contributed by atoms with van der Waals surface area (Å²) in [7, 11) is 2.10. The summed E-state index contributed by atoms with van der Waals surface area (Å²) in [6, 6.07) is 8.53. The zero-order chi connectivity index (χ0) is 20.8. The number of piperidine rings is 1. The van der Waals surface area contributed by atoms with Crippen molar-refractivity contribution >= 4 is 23.0 Å². The minimum absolute atomic E-state index is 0.402. The highest BCUT2D eigenvalue weighted by Crippen LogP contribution is 2.22. The van der Waals surface area contributed by atoms with Crippen LogP contribution in [0.25, 0.3) is 10.9 Å². The van der Waals surface area contributed by atoms with E-state index in [0.717, 1.165) is 39.0 Å². The number of para-hydroxylation sites is 1. The van der Waals surface area contributed by atoms with Crippen molar-refractivity contribution in [3.05, 3.63) is 60.1 Å². The minimum Gasteiger partial charge on any atom is -0.366 e. The molecule has 1 aliphatic heterocycles. The Morgan fingerprint density at radius 2 is 2.07 bits per heavy atom. The summed E-state index contributed by atoms with van der Waals surface area (Å²) in [4.78, 5) is 17.7. The van der Waals surface area contributed by atoms with Gasteiger partial charge in [-0.25, -0.2) is 4.99 Å². The van der Waals surface area contributed by atoms with Gasteiger partial charge in [-0.05, 0) is 43.9 Å². The van der Waals surface area contributed by atoms with E-state index in [9.17, 15) is 4.79 Å². The Labute approximate surface area is 172 Å². The van der Waals surface area contributed by atoms with Crippen LogP contribution in [0.4, 0.5) is 0 Å². The molecule has 3 N–H and O–H groups in total. The third-order valence-electron chi connectivity index (χ3n) is 5.66. The molecule has 2 heterocycles. The number of nitrogens with one attached hydrogen (secondary N) is 1. The predicted molar refractivity (Wildman–Crippen MR) is 120 cm³/mol. The number of likely N-dealkylation sites (tertiary alicyclic amines) is 1. The molecule has 6 nitrogen and oxygen atoms in total. The van der Waals surface area contributed by atoms with Crippen molar-refractivity contribution in [2.45, 2.75) is 26.3 Å². The first-order valence-electron chi connectivity index (χ1n) is 10.2. The molecular formula is C23H31N5O. The van der Waals surface area contributed by atoms with Crippen LogP contribution in [0.5, 0.6) is 0 Å². The first-order chi connectivity index (χ1) is 14.0. The quantitative estimate of drug-likeness (QED) is 0.535. The molecule has 1 aromatic heterocycles. The Morgan fingerprint density at radius 3 is 2.76 bits per heavy atom. The first-order valence-corrected chi connectivity index (χ1v) is 10.2. The van der Waals surface area contributed by atoms with Gasteiger partial charge in [-0.15, -0.1) is 0 Å². The van der Waals surface area contributed by atoms with Crippen molar-refractivity contribution < 1.29 is 4.79 Å². The molecule has 0 atom stereocenters. The number of nitrogens with two attached hydrogens (primary N) is 1. The summed E-state index contributed by atoms with van der Waals surface area (Å²) in [5.74, 6) is 0.863. The van der Waals surface area contributed by atoms with E-state index in [1.165, 1.54) is 22.7 Å². The average molecular weight is 394 g/mol. The fourth-order valence-electron chi connectivity index (χ4n) is 3.88. The van der Waals surface area contributed by atoms with E-state index >= 15 is 0 Å². The summed E-state index contributed by atoms with van der Waals surface area (Å²) < 4.78 is 2.19. The lowest BCUT2D eigenvalue weighted by Crippen LogP contribution is -2.36. The van der Waals surface area contributed by atoms with E-state index in [-0.39, 0.29) is 0 Å². The number of hydrogen-bond acceptors (Lipinski definition) is 4. The highest BCUT2D eigenvalue weighted by atomic mass is 16.1. The largest absolute Gasteiger partial charge is 0.366 e. The van der Waals surface area contributed by atoms with Gasteiger partial charge in [-0.1, -0.05) is 30.9 Å². The van der Waals surface area contributed by atoms with Crippen LogP contribution in [0.2, 0.25) is 0 Å².